The minimum absolute atomic E-state index is 0.116. The molecule has 0 spiro atoms. The van der Waals surface area contributed by atoms with E-state index in [1.165, 1.54) is 5.69 Å². The first-order valence-corrected chi connectivity index (χ1v) is 7.88. The van der Waals surface area contributed by atoms with Crippen molar-refractivity contribution in [1.29, 1.82) is 0 Å². The third kappa shape index (κ3) is 3.13. The Morgan fingerprint density at radius 1 is 1.45 bits per heavy atom. The molecule has 1 unspecified atom stereocenters. The van der Waals surface area contributed by atoms with Crippen molar-refractivity contribution in [2.24, 2.45) is 5.73 Å². The van der Waals surface area contributed by atoms with Gasteiger partial charge in [0.2, 0.25) is 0 Å². The fourth-order valence-corrected chi connectivity index (χ4v) is 3.07. The summed E-state index contributed by atoms with van der Waals surface area (Å²) >= 11 is 1.66. The molecule has 2 N–H and O–H groups in total. The molecule has 0 aliphatic carbocycles. The first-order chi connectivity index (χ1) is 9.54. The molecule has 0 fully saturated rings. The lowest BCUT2D eigenvalue weighted by molar-refractivity contribution is 0.203. The van der Waals surface area contributed by atoms with Crippen LogP contribution in [0.15, 0.2) is 11.6 Å². The van der Waals surface area contributed by atoms with Gasteiger partial charge < -0.3 is 15.4 Å². The van der Waals surface area contributed by atoms with Crippen molar-refractivity contribution in [1.82, 2.24) is 9.38 Å². The van der Waals surface area contributed by atoms with Gasteiger partial charge in [0.25, 0.3) is 0 Å². The van der Waals surface area contributed by atoms with Crippen molar-refractivity contribution in [3.05, 3.63) is 17.3 Å². The van der Waals surface area contributed by atoms with Gasteiger partial charge in [0.15, 0.2) is 10.8 Å². The predicted molar refractivity (Wildman–Crippen MR) is 84.8 cm³/mol. The average molecular weight is 296 g/mol. The number of imidazole rings is 1. The molecular weight excluding hydrogens is 272 g/mol. The molecule has 2 heterocycles. The maximum absolute atomic E-state index is 6.01. The molecule has 0 radical (unpaired) electrons. The molecule has 0 amide bonds. The van der Waals surface area contributed by atoms with Gasteiger partial charge in [0.05, 0.1) is 12.3 Å². The van der Waals surface area contributed by atoms with Crippen LogP contribution in [-0.4, -0.2) is 41.7 Å². The molecule has 2 aromatic heterocycles. The molecule has 2 rings (SSSR count). The number of methoxy groups -OCH3 is 1. The van der Waals surface area contributed by atoms with E-state index in [-0.39, 0.29) is 6.04 Å². The van der Waals surface area contributed by atoms with Gasteiger partial charge in [-0.25, -0.2) is 4.98 Å². The summed E-state index contributed by atoms with van der Waals surface area (Å²) in [6.07, 6.45) is 2.90. The molecule has 0 aliphatic rings. The van der Waals surface area contributed by atoms with E-state index >= 15 is 0 Å². The fourth-order valence-electron chi connectivity index (χ4n) is 2.34. The summed E-state index contributed by atoms with van der Waals surface area (Å²) in [5, 5.41) is 2.06. The summed E-state index contributed by atoms with van der Waals surface area (Å²) in [6, 6.07) is 0.492. The minimum atomic E-state index is 0.116. The summed E-state index contributed by atoms with van der Waals surface area (Å²) in [4.78, 5) is 8.12. The van der Waals surface area contributed by atoms with Crippen LogP contribution in [0.4, 0.5) is 5.82 Å². The van der Waals surface area contributed by atoms with E-state index in [1.54, 1.807) is 18.4 Å². The maximum atomic E-state index is 6.01. The number of ether oxygens (including phenoxy) is 1. The highest BCUT2D eigenvalue weighted by atomic mass is 32.1. The predicted octanol–water partition coefficient (Wildman–Crippen LogP) is 2.15. The average Bonchev–Trinajstić information content (AvgIpc) is 2.93. The third-order valence-corrected chi connectivity index (χ3v) is 4.04. The van der Waals surface area contributed by atoms with Gasteiger partial charge in [-0.2, -0.15) is 0 Å². The number of hydrogen-bond acceptors (Lipinski definition) is 5. The molecular formula is C14H24N4OS. The van der Waals surface area contributed by atoms with Gasteiger partial charge in [-0.15, -0.1) is 11.3 Å². The maximum Gasteiger partial charge on any atom is 0.195 e. The summed E-state index contributed by atoms with van der Waals surface area (Å²) in [7, 11) is 1.73. The summed E-state index contributed by atoms with van der Waals surface area (Å²) in [6.45, 7) is 7.92. The zero-order valence-electron chi connectivity index (χ0n) is 12.7. The van der Waals surface area contributed by atoms with Crippen LogP contribution < -0.4 is 10.6 Å². The highest BCUT2D eigenvalue weighted by Gasteiger charge is 2.21. The smallest absolute Gasteiger partial charge is 0.195 e. The van der Waals surface area contributed by atoms with E-state index < -0.39 is 0 Å². The molecule has 6 heteroatoms. The summed E-state index contributed by atoms with van der Waals surface area (Å²) in [5.74, 6) is 1.04. The normalized spacial score (nSPS) is 13.3. The topological polar surface area (TPSA) is 55.8 Å². The highest BCUT2D eigenvalue weighted by Crippen LogP contribution is 2.27. The van der Waals surface area contributed by atoms with Crippen LogP contribution in [-0.2, 0) is 11.2 Å². The number of fused-ring (bicyclic) bond motifs is 1. The highest BCUT2D eigenvalue weighted by molar-refractivity contribution is 7.15. The van der Waals surface area contributed by atoms with Crippen molar-refractivity contribution in [3.63, 3.8) is 0 Å². The molecule has 5 nitrogen and oxygen atoms in total. The lowest BCUT2D eigenvalue weighted by Crippen LogP contribution is -2.35. The molecule has 0 aliphatic heterocycles. The summed E-state index contributed by atoms with van der Waals surface area (Å²) < 4.78 is 7.38. The van der Waals surface area contributed by atoms with Crippen molar-refractivity contribution >= 4 is 22.1 Å². The largest absolute Gasteiger partial charge is 0.383 e. The Kier molecular flexibility index (Phi) is 5.01. The molecule has 112 valence electrons. The summed E-state index contributed by atoms with van der Waals surface area (Å²) in [5.41, 5.74) is 7.20. The lowest BCUT2D eigenvalue weighted by Gasteiger charge is -2.28. The molecule has 1 atom stereocenters. The Balaban J connectivity index is 2.41. The van der Waals surface area contributed by atoms with Gasteiger partial charge in [0, 0.05) is 43.7 Å². The number of nitrogens with two attached hydrogens (primary N) is 1. The number of thiazole rings is 1. The van der Waals surface area contributed by atoms with Crippen LogP contribution in [0.1, 0.15) is 26.5 Å². The first-order valence-electron chi connectivity index (χ1n) is 7.00. The standard InChI is InChI=1S/C14H24N4OS/c1-10(2)17(5-7-19-4)13-12(9-11(3)15)18-6-8-20-14(18)16-13/h6,8,10-11H,5,7,9,15H2,1-4H3. The zero-order chi connectivity index (χ0) is 14.7. The monoisotopic (exact) mass is 296 g/mol. The quantitative estimate of drug-likeness (QED) is 0.850. The zero-order valence-corrected chi connectivity index (χ0v) is 13.5. The van der Waals surface area contributed by atoms with Crippen LogP contribution in [0.3, 0.4) is 0 Å². The van der Waals surface area contributed by atoms with Crippen molar-refractivity contribution in [3.8, 4) is 0 Å². The Labute approximate surface area is 124 Å². The minimum Gasteiger partial charge on any atom is -0.383 e. The fraction of sp³-hybridized carbons (Fsp3) is 0.643. The van der Waals surface area contributed by atoms with Gasteiger partial charge in [0.1, 0.15) is 0 Å². The van der Waals surface area contributed by atoms with Gasteiger partial charge in [-0.1, -0.05) is 0 Å². The Hall–Kier alpha value is -1.11. The molecule has 0 saturated heterocycles. The number of hydrogen-bond donors (Lipinski definition) is 1. The third-order valence-electron chi connectivity index (χ3n) is 3.29. The number of nitrogens with zero attached hydrogens (tertiary/aromatic N) is 3. The molecule has 0 saturated carbocycles. The van der Waals surface area contributed by atoms with Crippen LogP contribution >= 0.6 is 11.3 Å². The second-order valence-corrected chi connectivity index (χ2v) is 6.27. The van der Waals surface area contributed by atoms with Crippen molar-refractivity contribution < 1.29 is 4.74 Å². The molecule has 0 aromatic carbocycles. The van der Waals surface area contributed by atoms with E-state index in [1.807, 2.05) is 6.92 Å². The second kappa shape index (κ2) is 6.56. The SMILES string of the molecule is COCCN(c1nc2sccn2c1CC(C)N)C(C)C. The van der Waals surface area contributed by atoms with E-state index in [4.69, 9.17) is 15.5 Å². The molecule has 2 aromatic rings. The van der Waals surface area contributed by atoms with E-state index in [0.29, 0.717) is 12.6 Å². The van der Waals surface area contributed by atoms with Crippen LogP contribution in [0.2, 0.25) is 0 Å². The van der Waals surface area contributed by atoms with Crippen LogP contribution in [0.5, 0.6) is 0 Å². The van der Waals surface area contributed by atoms with E-state index in [9.17, 15) is 0 Å². The lowest BCUT2D eigenvalue weighted by atomic mass is 10.1. The molecule has 0 bridgehead atoms. The molecule has 20 heavy (non-hydrogen) atoms. The number of rotatable bonds is 7. The van der Waals surface area contributed by atoms with Crippen molar-refractivity contribution in [2.75, 3.05) is 25.2 Å². The van der Waals surface area contributed by atoms with Gasteiger partial charge in [-0.3, -0.25) is 4.40 Å². The second-order valence-electron chi connectivity index (χ2n) is 5.40. The van der Waals surface area contributed by atoms with Gasteiger partial charge >= 0.3 is 0 Å². The van der Waals surface area contributed by atoms with E-state index in [2.05, 4.69) is 34.7 Å². The van der Waals surface area contributed by atoms with Crippen molar-refractivity contribution in [2.45, 2.75) is 39.3 Å². The van der Waals surface area contributed by atoms with Crippen LogP contribution in [0.25, 0.3) is 4.96 Å². The Morgan fingerprint density at radius 2 is 2.20 bits per heavy atom. The van der Waals surface area contributed by atoms with E-state index in [0.717, 1.165) is 23.7 Å². The van der Waals surface area contributed by atoms with Crippen LogP contribution in [0, 0.1) is 0 Å². The first kappa shape index (κ1) is 15.3. The Bertz CT molecular complexity index is 546. The number of anilines is 1. The number of aromatic nitrogens is 2. The van der Waals surface area contributed by atoms with Gasteiger partial charge in [-0.05, 0) is 20.8 Å². The Morgan fingerprint density at radius 3 is 2.80 bits per heavy atom.